The van der Waals surface area contributed by atoms with E-state index in [2.05, 4.69) is 36.4 Å². The molecular formula is C24H21ClO3. The Kier molecular flexibility index (Phi) is 6.51. The number of rotatable bonds is 7. The third kappa shape index (κ3) is 5.24. The maximum atomic E-state index is 10.8. The lowest BCUT2D eigenvalue weighted by atomic mass is 10.0. The third-order valence-corrected chi connectivity index (χ3v) is 4.72. The first kappa shape index (κ1) is 19.7. The Morgan fingerprint density at radius 2 is 1.68 bits per heavy atom. The Labute approximate surface area is 169 Å². The molecule has 0 heterocycles. The fourth-order valence-electron chi connectivity index (χ4n) is 2.88. The monoisotopic (exact) mass is 392 g/mol. The van der Waals surface area contributed by atoms with Crippen molar-refractivity contribution in [2.45, 2.75) is 13.3 Å². The molecule has 0 aliphatic heterocycles. The highest BCUT2D eigenvalue weighted by Crippen LogP contribution is 2.26. The Hall–Kier alpha value is -3.04. The highest BCUT2D eigenvalue weighted by atomic mass is 35.5. The Morgan fingerprint density at radius 3 is 2.32 bits per heavy atom. The average molecular weight is 393 g/mol. The molecule has 28 heavy (non-hydrogen) atoms. The van der Waals surface area contributed by atoms with Gasteiger partial charge in [0.05, 0.1) is 11.4 Å². The van der Waals surface area contributed by atoms with Crippen LogP contribution in [0.2, 0.25) is 5.02 Å². The van der Waals surface area contributed by atoms with Crippen LogP contribution in [0.25, 0.3) is 16.7 Å². The smallest absolute Gasteiger partial charge is 0.307 e. The van der Waals surface area contributed by atoms with Crippen LogP contribution in [-0.4, -0.2) is 17.7 Å². The van der Waals surface area contributed by atoms with Crippen molar-refractivity contribution in [1.29, 1.82) is 0 Å². The number of carboxylic acid groups (broad SMARTS) is 1. The van der Waals surface area contributed by atoms with E-state index in [1.54, 1.807) is 18.2 Å². The fourth-order valence-corrected chi connectivity index (χ4v) is 3.13. The van der Waals surface area contributed by atoms with Crippen LogP contribution in [0, 0.1) is 0 Å². The summed E-state index contributed by atoms with van der Waals surface area (Å²) in [4.78, 5) is 10.8. The lowest BCUT2D eigenvalue weighted by molar-refractivity contribution is -0.136. The summed E-state index contributed by atoms with van der Waals surface area (Å²) in [5, 5.41) is 9.25. The van der Waals surface area contributed by atoms with E-state index in [9.17, 15) is 4.79 Å². The van der Waals surface area contributed by atoms with E-state index in [-0.39, 0.29) is 6.42 Å². The lowest BCUT2D eigenvalue weighted by Crippen LogP contribution is -2.01. The second-order valence-corrected chi connectivity index (χ2v) is 6.88. The van der Waals surface area contributed by atoms with Gasteiger partial charge in [-0.3, -0.25) is 4.79 Å². The number of allylic oxidation sites excluding steroid dienone is 1. The zero-order chi connectivity index (χ0) is 19.9. The van der Waals surface area contributed by atoms with Crippen LogP contribution in [0.4, 0.5) is 0 Å². The van der Waals surface area contributed by atoms with E-state index < -0.39 is 5.97 Å². The van der Waals surface area contributed by atoms with Crippen LogP contribution in [0.1, 0.15) is 18.1 Å². The van der Waals surface area contributed by atoms with Gasteiger partial charge in [0.2, 0.25) is 0 Å². The second kappa shape index (κ2) is 9.25. The van der Waals surface area contributed by atoms with Crippen LogP contribution in [0.15, 0.2) is 78.9 Å². The summed E-state index contributed by atoms with van der Waals surface area (Å²) in [6.07, 6.45) is 1.94. The summed E-state index contributed by atoms with van der Waals surface area (Å²) in [6.45, 7) is 2.42. The predicted molar refractivity (Wildman–Crippen MR) is 114 cm³/mol. The van der Waals surface area contributed by atoms with Gasteiger partial charge in [-0.1, -0.05) is 72.3 Å². The van der Waals surface area contributed by atoms with Gasteiger partial charge in [-0.15, -0.1) is 0 Å². The molecule has 0 spiro atoms. The molecular weight excluding hydrogens is 372 g/mol. The summed E-state index contributed by atoms with van der Waals surface area (Å²) in [5.74, 6) is -0.346. The van der Waals surface area contributed by atoms with E-state index >= 15 is 0 Å². The fraction of sp³-hybridized carbons (Fsp3) is 0.125. The number of ether oxygens (including phenoxy) is 1. The van der Waals surface area contributed by atoms with E-state index in [1.807, 2.05) is 31.2 Å². The molecule has 0 aromatic heterocycles. The minimum absolute atomic E-state index is 0.0576. The zero-order valence-corrected chi connectivity index (χ0v) is 16.3. The van der Waals surface area contributed by atoms with Crippen molar-refractivity contribution in [3.05, 3.63) is 95.0 Å². The van der Waals surface area contributed by atoms with Crippen LogP contribution >= 0.6 is 11.6 Å². The number of aliphatic carboxylic acids is 1. The van der Waals surface area contributed by atoms with Gasteiger partial charge >= 0.3 is 5.97 Å². The molecule has 0 saturated carbocycles. The van der Waals surface area contributed by atoms with Gasteiger partial charge in [0.25, 0.3) is 0 Å². The van der Waals surface area contributed by atoms with Crippen LogP contribution < -0.4 is 4.74 Å². The number of carboxylic acids is 1. The van der Waals surface area contributed by atoms with Gasteiger partial charge in [-0.2, -0.15) is 0 Å². The van der Waals surface area contributed by atoms with Crippen molar-refractivity contribution >= 4 is 23.1 Å². The van der Waals surface area contributed by atoms with Crippen molar-refractivity contribution in [2.75, 3.05) is 6.61 Å². The quantitative estimate of drug-likeness (QED) is 0.527. The molecule has 3 nitrogen and oxygen atoms in total. The summed E-state index contributed by atoms with van der Waals surface area (Å²) in [7, 11) is 0. The Balaban J connectivity index is 1.62. The minimum atomic E-state index is -0.887. The van der Waals surface area contributed by atoms with Gasteiger partial charge in [-0.05, 0) is 53.0 Å². The SMILES string of the molecule is CC(=CCOc1ccc(CC(=O)O)cc1Cl)c1ccc(-c2ccccc2)cc1. The summed E-state index contributed by atoms with van der Waals surface area (Å²) >= 11 is 6.18. The first-order valence-electron chi connectivity index (χ1n) is 8.98. The van der Waals surface area contributed by atoms with Crippen molar-refractivity contribution in [1.82, 2.24) is 0 Å². The molecule has 3 aromatic rings. The molecule has 0 amide bonds. The molecule has 0 bridgehead atoms. The highest BCUT2D eigenvalue weighted by Gasteiger charge is 2.06. The van der Waals surface area contributed by atoms with Gasteiger partial charge in [0, 0.05) is 0 Å². The molecule has 142 valence electrons. The Bertz CT molecular complexity index is 976. The molecule has 0 radical (unpaired) electrons. The first-order chi connectivity index (χ1) is 13.5. The standard InChI is InChI=1S/C24H21ClO3/c1-17(19-8-10-21(11-9-19)20-5-3-2-4-6-20)13-14-28-23-12-7-18(15-22(23)25)16-24(26)27/h2-13,15H,14,16H2,1H3,(H,26,27). The second-order valence-electron chi connectivity index (χ2n) is 6.48. The topological polar surface area (TPSA) is 46.5 Å². The summed E-state index contributed by atoms with van der Waals surface area (Å²) in [6, 6.07) is 23.7. The number of benzene rings is 3. The van der Waals surface area contributed by atoms with Crippen LogP contribution in [0.5, 0.6) is 5.75 Å². The molecule has 0 fully saturated rings. The van der Waals surface area contributed by atoms with E-state index in [0.29, 0.717) is 22.9 Å². The average Bonchev–Trinajstić information content (AvgIpc) is 2.70. The maximum Gasteiger partial charge on any atom is 0.307 e. The summed E-state index contributed by atoms with van der Waals surface area (Å²) < 4.78 is 5.73. The zero-order valence-electron chi connectivity index (χ0n) is 15.6. The van der Waals surface area contributed by atoms with Crippen molar-refractivity contribution in [3.8, 4) is 16.9 Å². The first-order valence-corrected chi connectivity index (χ1v) is 9.36. The predicted octanol–water partition coefficient (Wildman–Crippen LogP) is 6.12. The largest absolute Gasteiger partial charge is 0.488 e. The number of carbonyl (C=O) groups is 1. The molecule has 0 saturated heterocycles. The molecule has 0 aliphatic carbocycles. The molecule has 4 heteroatoms. The van der Waals surface area contributed by atoms with Gasteiger partial charge in [0.1, 0.15) is 12.4 Å². The number of hydrogen-bond donors (Lipinski definition) is 1. The van der Waals surface area contributed by atoms with E-state index in [1.165, 1.54) is 11.1 Å². The maximum absolute atomic E-state index is 10.8. The summed E-state index contributed by atoms with van der Waals surface area (Å²) in [5.41, 5.74) is 5.26. The van der Waals surface area contributed by atoms with E-state index in [0.717, 1.165) is 11.1 Å². The van der Waals surface area contributed by atoms with Crippen molar-refractivity contribution in [2.24, 2.45) is 0 Å². The molecule has 0 unspecified atom stereocenters. The van der Waals surface area contributed by atoms with Gasteiger partial charge in [-0.25, -0.2) is 0 Å². The Morgan fingerprint density at radius 1 is 1.00 bits per heavy atom. The minimum Gasteiger partial charge on any atom is -0.488 e. The van der Waals surface area contributed by atoms with Crippen LogP contribution in [-0.2, 0) is 11.2 Å². The molecule has 1 N–H and O–H groups in total. The van der Waals surface area contributed by atoms with Gasteiger partial charge in [0.15, 0.2) is 0 Å². The molecule has 3 rings (SSSR count). The lowest BCUT2D eigenvalue weighted by Gasteiger charge is -2.09. The molecule has 3 aromatic carbocycles. The van der Waals surface area contributed by atoms with Gasteiger partial charge < -0.3 is 9.84 Å². The van der Waals surface area contributed by atoms with Crippen molar-refractivity contribution in [3.63, 3.8) is 0 Å². The molecule has 0 atom stereocenters. The highest BCUT2D eigenvalue weighted by molar-refractivity contribution is 6.32. The number of hydrogen-bond acceptors (Lipinski definition) is 2. The van der Waals surface area contributed by atoms with Crippen LogP contribution in [0.3, 0.4) is 0 Å². The molecule has 0 aliphatic rings. The third-order valence-electron chi connectivity index (χ3n) is 4.43. The number of halogens is 1. The normalized spacial score (nSPS) is 11.3. The van der Waals surface area contributed by atoms with E-state index in [4.69, 9.17) is 21.4 Å². The van der Waals surface area contributed by atoms with Crippen molar-refractivity contribution < 1.29 is 14.6 Å².